The van der Waals surface area contributed by atoms with Crippen LogP contribution >= 0.6 is 0 Å². The minimum Gasteiger partial charge on any atom is -0.493 e. The quantitative estimate of drug-likeness (QED) is 0.692. The zero-order valence-corrected chi connectivity index (χ0v) is 15.3. The smallest absolute Gasteiger partial charge is 0.161 e. The second-order valence-corrected chi connectivity index (χ2v) is 8.24. The lowest BCUT2D eigenvalue weighted by molar-refractivity contribution is -0.138. The van der Waals surface area contributed by atoms with Gasteiger partial charge in [-0.3, -0.25) is 4.79 Å². The van der Waals surface area contributed by atoms with E-state index in [1.165, 1.54) is 19.3 Å². The van der Waals surface area contributed by atoms with Gasteiger partial charge in [-0.25, -0.2) is 0 Å². The van der Waals surface area contributed by atoms with E-state index in [-0.39, 0.29) is 5.41 Å². The Morgan fingerprint density at radius 2 is 1.76 bits per heavy atom. The first-order valence-electron chi connectivity index (χ1n) is 9.65. The predicted molar refractivity (Wildman–Crippen MR) is 98.8 cm³/mol. The molecule has 5 rings (SSSR count). The zero-order chi connectivity index (χ0) is 17.4. The van der Waals surface area contributed by atoms with E-state index in [4.69, 9.17) is 9.47 Å². The molecule has 4 bridgehead atoms. The number of hydrogen-bond donors (Lipinski definition) is 0. The van der Waals surface area contributed by atoms with Crippen molar-refractivity contribution in [1.29, 1.82) is 0 Å². The number of rotatable bonds is 6. The second-order valence-electron chi connectivity index (χ2n) is 8.24. The van der Waals surface area contributed by atoms with Gasteiger partial charge >= 0.3 is 0 Å². The van der Waals surface area contributed by atoms with Crippen molar-refractivity contribution < 1.29 is 14.3 Å². The van der Waals surface area contributed by atoms with Crippen LogP contribution in [0.5, 0.6) is 11.5 Å². The number of carbonyl (C=O) groups is 1. The van der Waals surface area contributed by atoms with Crippen molar-refractivity contribution >= 4 is 11.9 Å². The fraction of sp³-hybridized carbons (Fsp3) is 0.591. The molecule has 0 amide bonds. The molecule has 0 aliphatic heterocycles. The monoisotopic (exact) mass is 340 g/mol. The summed E-state index contributed by atoms with van der Waals surface area (Å²) in [6.45, 7) is 2.56. The molecule has 4 fully saturated rings. The van der Waals surface area contributed by atoms with E-state index in [0.717, 1.165) is 48.3 Å². The standard InChI is InChI=1S/C22H28O3/c1-3-25-19-6-4-15(11-20(19)24-2)5-7-21(23)22-12-16-8-17(13-22)10-18(9-16)14-22/h4-7,11,16-18H,3,8-10,12-14H2,1-2H3. The van der Waals surface area contributed by atoms with Gasteiger partial charge < -0.3 is 9.47 Å². The van der Waals surface area contributed by atoms with E-state index in [1.54, 1.807) is 7.11 Å². The summed E-state index contributed by atoms with van der Waals surface area (Å²) in [5, 5.41) is 0. The number of ether oxygens (including phenoxy) is 2. The Morgan fingerprint density at radius 1 is 1.12 bits per heavy atom. The average molecular weight is 340 g/mol. The van der Waals surface area contributed by atoms with Crippen molar-refractivity contribution in [2.45, 2.75) is 45.4 Å². The molecule has 0 atom stereocenters. The van der Waals surface area contributed by atoms with Crippen LogP contribution in [0.3, 0.4) is 0 Å². The van der Waals surface area contributed by atoms with Gasteiger partial charge in [0.05, 0.1) is 13.7 Å². The Kier molecular flexibility index (Phi) is 4.35. The summed E-state index contributed by atoms with van der Waals surface area (Å²) in [5.41, 5.74) is 0.930. The van der Waals surface area contributed by atoms with E-state index in [9.17, 15) is 4.79 Å². The summed E-state index contributed by atoms with van der Waals surface area (Å²) in [5.74, 6) is 4.21. The van der Waals surface area contributed by atoms with E-state index in [1.807, 2.05) is 37.3 Å². The molecule has 0 N–H and O–H groups in total. The third kappa shape index (κ3) is 3.09. The summed E-state index contributed by atoms with van der Waals surface area (Å²) in [7, 11) is 1.64. The molecular formula is C22H28O3. The Labute approximate surface area is 150 Å². The molecule has 3 nitrogen and oxygen atoms in total. The van der Waals surface area contributed by atoms with Gasteiger partial charge in [-0.2, -0.15) is 0 Å². The molecule has 1 aromatic carbocycles. The molecular weight excluding hydrogens is 312 g/mol. The minimum absolute atomic E-state index is 0.0550. The summed E-state index contributed by atoms with van der Waals surface area (Å²) in [6.07, 6.45) is 11.2. The van der Waals surface area contributed by atoms with Crippen molar-refractivity contribution in [2.24, 2.45) is 23.2 Å². The van der Waals surface area contributed by atoms with Crippen molar-refractivity contribution in [2.75, 3.05) is 13.7 Å². The number of ketones is 1. The van der Waals surface area contributed by atoms with Gasteiger partial charge in [0, 0.05) is 5.41 Å². The number of allylic oxidation sites excluding steroid dienone is 1. The van der Waals surface area contributed by atoms with Gasteiger partial charge in [-0.15, -0.1) is 0 Å². The Balaban J connectivity index is 1.51. The lowest BCUT2D eigenvalue weighted by Gasteiger charge is -2.55. The molecule has 4 aliphatic carbocycles. The average Bonchev–Trinajstić information content (AvgIpc) is 2.59. The molecule has 0 radical (unpaired) electrons. The van der Waals surface area contributed by atoms with Crippen molar-refractivity contribution in [3.05, 3.63) is 29.8 Å². The predicted octanol–water partition coefficient (Wildman–Crippen LogP) is 4.89. The van der Waals surface area contributed by atoms with E-state index < -0.39 is 0 Å². The highest BCUT2D eigenvalue weighted by Gasteiger charge is 2.53. The Morgan fingerprint density at radius 3 is 2.32 bits per heavy atom. The molecule has 0 unspecified atom stereocenters. The molecule has 0 spiro atoms. The molecule has 4 aliphatic rings. The maximum Gasteiger partial charge on any atom is 0.161 e. The zero-order valence-electron chi connectivity index (χ0n) is 15.3. The lowest BCUT2D eigenvalue weighted by atomic mass is 9.48. The first kappa shape index (κ1) is 16.7. The van der Waals surface area contributed by atoms with Gasteiger partial charge in [-0.1, -0.05) is 12.1 Å². The maximum atomic E-state index is 13.1. The van der Waals surface area contributed by atoms with Gasteiger partial charge in [0.25, 0.3) is 0 Å². The van der Waals surface area contributed by atoms with Crippen LogP contribution in [0.15, 0.2) is 24.3 Å². The normalized spacial score (nSPS) is 33.0. The van der Waals surface area contributed by atoms with E-state index in [0.29, 0.717) is 18.1 Å². The van der Waals surface area contributed by atoms with Gasteiger partial charge in [-0.05, 0) is 87.0 Å². The van der Waals surface area contributed by atoms with Crippen LogP contribution in [0.4, 0.5) is 0 Å². The molecule has 0 heterocycles. The van der Waals surface area contributed by atoms with Crippen LogP contribution in [0, 0.1) is 23.2 Å². The van der Waals surface area contributed by atoms with E-state index >= 15 is 0 Å². The SMILES string of the molecule is CCOc1ccc(C=CC(=O)C23CC4CC(CC(C4)C2)C3)cc1OC. The van der Waals surface area contributed by atoms with Crippen LogP contribution < -0.4 is 9.47 Å². The van der Waals surface area contributed by atoms with Gasteiger partial charge in [0.2, 0.25) is 0 Å². The molecule has 134 valence electrons. The van der Waals surface area contributed by atoms with Gasteiger partial charge in [0.1, 0.15) is 0 Å². The first-order chi connectivity index (χ1) is 12.1. The van der Waals surface area contributed by atoms with Crippen LogP contribution in [0.1, 0.15) is 51.0 Å². The van der Waals surface area contributed by atoms with Crippen molar-refractivity contribution in [3.63, 3.8) is 0 Å². The van der Waals surface area contributed by atoms with Crippen molar-refractivity contribution in [3.8, 4) is 11.5 Å². The second kappa shape index (κ2) is 6.51. The molecule has 25 heavy (non-hydrogen) atoms. The summed E-state index contributed by atoms with van der Waals surface area (Å²) >= 11 is 0. The highest BCUT2D eigenvalue weighted by molar-refractivity contribution is 5.98. The summed E-state index contributed by atoms with van der Waals surface area (Å²) in [6, 6.07) is 5.84. The van der Waals surface area contributed by atoms with Crippen molar-refractivity contribution in [1.82, 2.24) is 0 Å². The highest BCUT2D eigenvalue weighted by Crippen LogP contribution is 2.60. The first-order valence-corrected chi connectivity index (χ1v) is 9.65. The van der Waals surface area contributed by atoms with Gasteiger partial charge in [0.15, 0.2) is 17.3 Å². The third-order valence-corrected chi connectivity index (χ3v) is 6.48. The Bertz CT molecular complexity index is 653. The largest absolute Gasteiger partial charge is 0.493 e. The number of methoxy groups -OCH3 is 1. The van der Waals surface area contributed by atoms with E-state index in [2.05, 4.69) is 0 Å². The summed E-state index contributed by atoms with van der Waals surface area (Å²) < 4.78 is 11.0. The fourth-order valence-electron chi connectivity index (χ4n) is 5.82. The summed E-state index contributed by atoms with van der Waals surface area (Å²) in [4.78, 5) is 13.1. The molecule has 4 saturated carbocycles. The van der Waals surface area contributed by atoms with Crippen LogP contribution in [-0.2, 0) is 4.79 Å². The highest BCUT2D eigenvalue weighted by atomic mass is 16.5. The fourth-order valence-corrected chi connectivity index (χ4v) is 5.82. The number of benzene rings is 1. The maximum absolute atomic E-state index is 13.1. The minimum atomic E-state index is -0.0550. The molecule has 0 aromatic heterocycles. The molecule has 1 aromatic rings. The third-order valence-electron chi connectivity index (χ3n) is 6.48. The topological polar surface area (TPSA) is 35.5 Å². The Hall–Kier alpha value is -1.77. The van der Waals surface area contributed by atoms with Crippen LogP contribution in [0.25, 0.3) is 6.08 Å². The van der Waals surface area contributed by atoms with Crippen LogP contribution in [0.2, 0.25) is 0 Å². The molecule has 0 saturated heterocycles. The number of carbonyl (C=O) groups excluding carboxylic acids is 1. The number of hydrogen-bond acceptors (Lipinski definition) is 3. The molecule has 3 heteroatoms. The van der Waals surface area contributed by atoms with Crippen LogP contribution in [-0.4, -0.2) is 19.5 Å². The lowest BCUT2D eigenvalue weighted by Crippen LogP contribution is -2.49.